The molecule has 2 aromatic carbocycles. The number of rotatable bonds is 23. The molecule has 10 amide bonds. The van der Waals surface area contributed by atoms with Gasteiger partial charge in [-0.2, -0.15) is 17.7 Å². The van der Waals surface area contributed by atoms with Gasteiger partial charge in [-0.05, 0) is 69.6 Å². The maximum atomic E-state index is 14.8. The summed E-state index contributed by atoms with van der Waals surface area (Å²) in [7, 11) is 1.94. The van der Waals surface area contributed by atoms with E-state index in [9.17, 15) is 72.5 Å². The summed E-state index contributed by atoms with van der Waals surface area (Å²) in [4.78, 5) is 185. The van der Waals surface area contributed by atoms with Gasteiger partial charge in [0.25, 0.3) is 0 Å². The monoisotopic (exact) mass is 1450 g/mol. The number of nitrogens with two attached hydrogens (primary N) is 3. The highest BCUT2D eigenvalue weighted by molar-refractivity contribution is 8.76. The Kier molecular flexibility index (Phi) is 31.8. The van der Waals surface area contributed by atoms with Crippen molar-refractivity contribution < 1.29 is 72.5 Å². The van der Waals surface area contributed by atoms with Crippen LogP contribution in [0.2, 0.25) is 0 Å². The Bertz CT molecular complexity index is 3380. The van der Waals surface area contributed by atoms with Crippen LogP contribution in [0, 0.1) is 11.8 Å². The van der Waals surface area contributed by atoms with E-state index in [-0.39, 0.29) is 124 Å². The van der Waals surface area contributed by atoms with Crippen molar-refractivity contribution in [3.63, 3.8) is 0 Å². The van der Waals surface area contributed by atoms with E-state index in [0.717, 1.165) is 39.1 Å². The molecule has 546 valence electrons. The van der Waals surface area contributed by atoms with Crippen LogP contribution in [0.3, 0.4) is 0 Å². The number of guanidine groups is 1. The Morgan fingerprint density at radius 1 is 0.770 bits per heavy atom. The SMILES string of the molecule is C=C1CNC(=O)[C@H](CCCCC)NC(=O)[C@H](CC(=O)O)NC(=O)CNC(=O)[C@H](CCCN=C(N)N)NC(=O)[C@@H](NC(=O)[C@@H](CS)CCN2N=NC3c4ccccc4N(C(=O)CCC(=O)NC(C)C)Cc4ccccc4C32)CSSCC(C(N)=O)CC(=O)[C@H](CC(=O)O)NC(=O)C2CCCN12. The second kappa shape index (κ2) is 39.7. The van der Waals surface area contributed by atoms with Crippen molar-refractivity contribution in [3.8, 4) is 0 Å². The van der Waals surface area contributed by atoms with Crippen molar-refractivity contribution in [2.45, 2.75) is 172 Å². The average molecular weight is 1450 g/mol. The molecule has 0 spiro atoms. The number of carboxylic acids is 2. The van der Waals surface area contributed by atoms with E-state index in [1.54, 1.807) is 20.9 Å². The summed E-state index contributed by atoms with van der Waals surface area (Å²) in [6, 6.07) is 4.97. The fourth-order valence-corrected chi connectivity index (χ4v) is 14.7. The molecule has 0 saturated carbocycles. The summed E-state index contributed by atoms with van der Waals surface area (Å²) in [5.74, 6) is -14.3. The lowest BCUT2D eigenvalue weighted by Crippen LogP contribution is -2.57. The number of carboxylic acid groups (broad SMARTS) is 2. The predicted octanol–water partition coefficient (Wildman–Crippen LogP) is 0.913. The minimum absolute atomic E-state index is 0.0161. The molecule has 2 fully saturated rings. The molecule has 2 saturated heterocycles. The summed E-state index contributed by atoms with van der Waals surface area (Å²) in [6.07, 6.45) is 0.0641. The normalized spacial score (nSPS) is 23.4. The van der Waals surface area contributed by atoms with Crippen LogP contribution in [0.5, 0.6) is 0 Å². The number of benzene rings is 2. The fraction of sp³-hybridized carbons (Fsp3) is 0.569. The van der Waals surface area contributed by atoms with Gasteiger partial charge in [0.2, 0.25) is 59.1 Å². The highest BCUT2D eigenvalue weighted by Gasteiger charge is 2.42. The molecule has 0 bridgehead atoms. The quantitative estimate of drug-likeness (QED) is 0.0242. The number of aliphatic imine (C=N–C) groups is 1. The number of hydrogen-bond donors (Lipinski definition) is 14. The van der Waals surface area contributed by atoms with E-state index in [2.05, 4.69) is 72.0 Å². The molecule has 0 aliphatic carbocycles. The lowest BCUT2D eigenvalue weighted by molar-refractivity contribution is -0.141. The maximum absolute atomic E-state index is 14.8. The van der Waals surface area contributed by atoms with Crippen molar-refractivity contribution in [3.05, 3.63) is 77.5 Å². The molecular weight excluding hydrogens is 1360 g/mol. The highest BCUT2D eigenvalue weighted by atomic mass is 33.1. The predicted molar refractivity (Wildman–Crippen MR) is 376 cm³/mol. The molecule has 10 atom stereocenters. The number of ketones is 1. The topological polar surface area (TPSA) is 483 Å². The minimum atomic E-state index is -1.77. The summed E-state index contributed by atoms with van der Waals surface area (Å²) < 4.78 is 0. The third-order valence-electron chi connectivity index (χ3n) is 17.1. The Balaban J connectivity index is 1.28. The van der Waals surface area contributed by atoms with Gasteiger partial charge in [0.1, 0.15) is 42.3 Å². The number of amides is 10. The third-order valence-corrected chi connectivity index (χ3v) is 20.0. The van der Waals surface area contributed by atoms with Gasteiger partial charge in [0.15, 0.2) is 11.7 Å². The minimum Gasteiger partial charge on any atom is -0.481 e. The number of carbonyl (C=O) groups excluding carboxylic acids is 11. The number of unbranched alkanes of at least 4 members (excludes halogenated alkanes) is 2. The fourth-order valence-electron chi connectivity index (χ4n) is 11.9. The zero-order valence-electron chi connectivity index (χ0n) is 56.3. The summed E-state index contributed by atoms with van der Waals surface area (Å²) in [5, 5.41) is 51.7. The van der Waals surface area contributed by atoms with Crippen LogP contribution >= 0.6 is 34.2 Å². The summed E-state index contributed by atoms with van der Waals surface area (Å²) in [5.41, 5.74) is 20.1. The molecule has 0 radical (unpaired) electrons. The Hall–Kier alpha value is -8.99. The molecule has 0 aromatic heterocycles. The van der Waals surface area contributed by atoms with E-state index < -0.39 is 151 Å². The van der Waals surface area contributed by atoms with Crippen LogP contribution in [0.4, 0.5) is 5.69 Å². The maximum Gasteiger partial charge on any atom is 0.305 e. The Labute approximate surface area is 593 Å². The van der Waals surface area contributed by atoms with Gasteiger partial charge in [-0.3, -0.25) is 72.3 Å². The number of thiol groups is 1. The lowest BCUT2D eigenvalue weighted by Gasteiger charge is -2.35. The first-order valence-corrected chi connectivity index (χ1v) is 36.4. The van der Waals surface area contributed by atoms with Crippen LogP contribution in [0.1, 0.15) is 139 Å². The van der Waals surface area contributed by atoms with Crippen molar-refractivity contribution >= 4 is 123 Å². The Morgan fingerprint density at radius 3 is 2.08 bits per heavy atom. The van der Waals surface area contributed by atoms with E-state index in [1.165, 1.54) is 0 Å². The van der Waals surface area contributed by atoms with Gasteiger partial charge in [0.05, 0.1) is 44.4 Å². The second-order valence-corrected chi connectivity index (χ2v) is 28.0. The van der Waals surface area contributed by atoms with E-state index in [0.29, 0.717) is 30.5 Å². The molecule has 4 aliphatic heterocycles. The van der Waals surface area contributed by atoms with Crippen molar-refractivity contribution in [1.29, 1.82) is 0 Å². The number of aliphatic carboxylic acids is 2. The van der Waals surface area contributed by atoms with Crippen LogP contribution in [0.15, 0.2) is 76.1 Å². The standard InChI is InChI=1S/C65H93N17O15S3/c1-5-6-7-17-43-60(93)70-30-37(4)80-25-13-20-49(80)64(97)76-45(28-54(87)88)50(83)27-40(58(66)91)34-99-100-35-47(63(96)75-44(18-12-24-69-65(67)68)61(94)71-31-52(85)73-46(29-55(89)90)62(95)74-43)77-59(92)39(33-98)23-26-82-57-41-15-9-8-14-38(41)32-81(53(86)22-21-51(84)72-36(2)3)48-19-11-10-16-42(48)56(57)78-79-82/h8-11,14-16,19,36,39-40,43-47,49,56-57,98H,4-7,12-13,17-18,20-35H2,1-3H3,(H2,66,91)(H,70,93)(H,71,94)(H,72,84)(H,73,85)(H,74,95)(H,75,96)(H,76,97)(H,77,92)(H,87,88)(H,89,90)(H4,67,68,69)/t39-,40?,43+,44+,45+,46+,47+,49?,56?,57?/m1/s1. The highest BCUT2D eigenvalue weighted by Crippen LogP contribution is 2.48. The molecule has 35 heteroatoms. The zero-order chi connectivity index (χ0) is 73.2. The lowest BCUT2D eigenvalue weighted by atomic mass is 9.87. The molecule has 4 unspecified atom stereocenters. The zero-order valence-corrected chi connectivity index (χ0v) is 58.8. The number of anilines is 1. The van der Waals surface area contributed by atoms with Crippen LogP contribution in [-0.4, -0.2) is 195 Å². The third kappa shape index (κ3) is 24.1. The molecule has 2 aromatic rings. The van der Waals surface area contributed by atoms with Crippen LogP contribution in [-0.2, 0) is 68.9 Å². The second-order valence-electron chi connectivity index (χ2n) is 25.1. The number of carbonyl (C=O) groups is 13. The van der Waals surface area contributed by atoms with Gasteiger partial charge in [-0.15, -0.1) is 0 Å². The van der Waals surface area contributed by atoms with Crippen molar-refractivity contribution in [1.82, 2.24) is 52.4 Å². The molecule has 100 heavy (non-hydrogen) atoms. The number of nitrogens with zero attached hydrogens (tertiary/aromatic N) is 6. The van der Waals surface area contributed by atoms with E-state index >= 15 is 0 Å². The number of primary amides is 1. The van der Waals surface area contributed by atoms with Crippen LogP contribution < -0.4 is 64.6 Å². The summed E-state index contributed by atoms with van der Waals surface area (Å²) >= 11 is 4.58. The van der Waals surface area contributed by atoms with Gasteiger partial charge in [-0.25, -0.2) is 0 Å². The first-order valence-electron chi connectivity index (χ1n) is 33.3. The molecule has 16 N–H and O–H groups in total. The number of Topliss-reactive ketones (excluding diaryl/α,β-unsaturated/α-hetero) is 1. The molecule has 6 rings (SSSR count). The van der Waals surface area contributed by atoms with E-state index in [4.69, 9.17) is 22.3 Å². The Morgan fingerprint density at radius 2 is 1.41 bits per heavy atom. The summed E-state index contributed by atoms with van der Waals surface area (Å²) in [6.45, 7) is 9.07. The number of hydrogen-bond acceptors (Lipinski definition) is 21. The molecular formula is C65H93N17O15S3. The molecule has 4 aliphatic rings. The first kappa shape index (κ1) is 80.0. The number of nitrogens with one attached hydrogen (secondary N) is 8. The van der Waals surface area contributed by atoms with Gasteiger partial charge in [0, 0.05) is 85.1 Å². The van der Waals surface area contributed by atoms with Gasteiger partial charge >= 0.3 is 11.9 Å². The van der Waals surface area contributed by atoms with Gasteiger partial charge < -0.3 is 79.7 Å². The van der Waals surface area contributed by atoms with E-state index in [1.807, 2.05) is 63.2 Å². The van der Waals surface area contributed by atoms with Crippen molar-refractivity contribution in [2.75, 3.05) is 54.9 Å². The van der Waals surface area contributed by atoms with Crippen LogP contribution in [0.25, 0.3) is 0 Å². The average Bonchev–Trinajstić information content (AvgIpc) is 1.53. The smallest absolute Gasteiger partial charge is 0.305 e. The number of para-hydroxylation sites is 1. The molecule has 32 nitrogen and oxygen atoms in total. The first-order chi connectivity index (χ1) is 47.7. The molecule has 4 heterocycles. The van der Waals surface area contributed by atoms with Gasteiger partial charge in [-0.1, -0.05) is 102 Å². The number of fused-ring (bicyclic) bond motifs is 6. The largest absolute Gasteiger partial charge is 0.481 e. The van der Waals surface area contributed by atoms with Crippen molar-refractivity contribution in [2.24, 2.45) is 44.4 Å².